The molecule has 1 N–H and O–H groups in total. The summed E-state index contributed by atoms with van der Waals surface area (Å²) in [5.74, 6) is 0.176. The Bertz CT molecular complexity index is 1210. The Morgan fingerprint density at radius 3 is 2.45 bits per heavy atom. The summed E-state index contributed by atoms with van der Waals surface area (Å²) in [6.45, 7) is 17.7. The van der Waals surface area contributed by atoms with Gasteiger partial charge in [-0.3, -0.25) is 4.98 Å². The van der Waals surface area contributed by atoms with E-state index >= 15 is 0 Å². The number of aromatic nitrogens is 1. The van der Waals surface area contributed by atoms with Gasteiger partial charge in [-0.1, -0.05) is 32.9 Å². The van der Waals surface area contributed by atoms with Crippen molar-refractivity contribution < 1.29 is 22.4 Å². The zero-order valence-electron chi connectivity index (χ0n) is 24.2. The fourth-order valence-corrected chi connectivity index (χ4v) is 6.60. The molecule has 1 fully saturated rings. The molecule has 212 valence electrons. The molecule has 1 saturated carbocycles. The van der Waals surface area contributed by atoms with Gasteiger partial charge < -0.3 is 14.1 Å². The van der Waals surface area contributed by atoms with Crippen molar-refractivity contribution in [2.24, 2.45) is 5.92 Å². The number of pyridine rings is 1. The molecule has 1 heterocycles. The fourth-order valence-electron chi connectivity index (χ4n) is 3.99. The van der Waals surface area contributed by atoms with E-state index < -0.39 is 36.1 Å². The van der Waals surface area contributed by atoms with Crippen LogP contribution in [-0.2, 0) is 19.2 Å². The highest BCUT2D eigenvalue weighted by atomic mass is 32.2. The third-order valence-corrected chi connectivity index (χ3v) is 13.4. The second-order valence-electron chi connectivity index (χ2n) is 12.8. The Balaban J connectivity index is 1.76. The predicted molar refractivity (Wildman–Crippen MR) is 154 cm³/mol. The van der Waals surface area contributed by atoms with Crippen LogP contribution in [0.4, 0.5) is 4.79 Å². The summed E-state index contributed by atoms with van der Waals surface area (Å²) in [5.41, 5.74) is -0.654. The molecule has 0 unspecified atom stereocenters. The Kier molecular flexibility index (Phi) is 9.33. The van der Waals surface area contributed by atoms with Crippen LogP contribution in [0.1, 0.15) is 60.8 Å². The number of carbonyl (C=O) groups is 1. The fraction of sp³-hybridized carbons (Fsp3) is 0.643. The van der Waals surface area contributed by atoms with Crippen LogP contribution in [0, 0.1) is 5.92 Å². The maximum Gasteiger partial charge on any atom is 0.410 e. The van der Waals surface area contributed by atoms with Crippen LogP contribution >= 0.6 is 0 Å². The second-order valence-corrected chi connectivity index (χ2v) is 19.3. The molecule has 2 aromatic rings. The van der Waals surface area contributed by atoms with E-state index in [9.17, 15) is 13.2 Å². The van der Waals surface area contributed by atoms with Gasteiger partial charge in [0.1, 0.15) is 5.60 Å². The predicted octanol–water partition coefficient (Wildman–Crippen LogP) is 5.94. The van der Waals surface area contributed by atoms with E-state index in [1.807, 2.05) is 26.8 Å². The first-order chi connectivity index (χ1) is 17.5. The van der Waals surface area contributed by atoms with Crippen molar-refractivity contribution in [3.8, 4) is 0 Å². The summed E-state index contributed by atoms with van der Waals surface area (Å²) in [6.07, 6.45) is 5.29. The quantitative estimate of drug-likeness (QED) is 0.268. The summed E-state index contributed by atoms with van der Waals surface area (Å²) < 4.78 is 42.0. The van der Waals surface area contributed by atoms with Gasteiger partial charge >= 0.3 is 6.09 Å². The van der Waals surface area contributed by atoms with Crippen molar-refractivity contribution in [3.05, 3.63) is 36.7 Å². The minimum absolute atomic E-state index is 0.102. The molecule has 1 aromatic carbocycles. The molecule has 1 atom stereocenters. The van der Waals surface area contributed by atoms with Gasteiger partial charge in [0.2, 0.25) is 10.0 Å². The average molecular weight is 564 g/mol. The van der Waals surface area contributed by atoms with Crippen LogP contribution in [0.2, 0.25) is 18.1 Å². The number of ether oxygens (including phenoxy) is 1. The molecule has 3 rings (SSSR count). The van der Waals surface area contributed by atoms with Crippen molar-refractivity contribution in [1.82, 2.24) is 14.6 Å². The second kappa shape index (κ2) is 11.6. The smallest absolute Gasteiger partial charge is 0.410 e. The lowest BCUT2D eigenvalue weighted by Gasteiger charge is -2.36. The van der Waals surface area contributed by atoms with E-state index in [1.54, 1.807) is 35.5 Å². The Hall–Kier alpha value is -2.01. The van der Waals surface area contributed by atoms with Gasteiger partial charge in [0, 0.05) is 48.9 Å². The minimum Gasteiger partial charge on any atom is -0.444 e. The van der Waals surface area contributed by atoms with E-state index in [4.69, 9.17) is 9.16 Å². The maximum atomic E-state index is 13.6. The monoisotopic (exact) mass is 563 g/mol. The molecule has 1 aliphatic rings. The molecule has 0 bridgehead atoms. The van der Waals surface area contributed by atoms with Gasteiger partial charge in [0.15, 0.2) is 8.32 Å². The molecule has 0 spiro atoms. The summed E-state index contributed by atoms with van der Waals surface area (Å²) in [5, 5.41) is 1.48. The average Bonchev–Trinajstić information content (AvgIpc) is 3.63. The normalized spacial score (nSPS) is 15.9. The first kappa shape index (κ1) is 30.5. The third-order valence-electron chi connectivity index (χ3n) is 7.34. The van der Waals surface area contributed by atoms with Crippen molar-refractivity contribution in [1.29, 1.82) is 0 Å². The number of sulfonamides is 1. The van der Waals surface area contributed by atoms with E-state index in [2.05, 4.69) is 43.6 Å². The van der Waals surface area contributed by atoms with Gasteiger partial charge in [0.25, 0.3) is 0 Å². The highest BCUT2D eigenvalue weighted by molar-refractivity contribution is 7.89. The number of nitrogens with zero attached hydrogens (tertiary/aromatic N) is 2. The Labute approximate surface area is 229 Å². The molecule has 1 amide bonds. The number of carbonyl (C=O) groups excluding carboxylic acids is 1. The topological polar surface area (TPSA) is 97.8 Å². The molecule has 10 heteroatoms. The summed E-state index contributed by atoms with van der Waals surface area (Å²) in [7, 11) is -5.74. The van der Waals surface area contributed by atoms with Gasteiger partial charge in [-0.2, -0.15) is 0 Å². The van der Waals surface area contributed by atoms with Gasteiger partial charge in [-0.05, 0) is 76.2 Å². The summed E-state index contributed by atoms with van der Waals surface area (Å²) >= 11 is 0. The minimum atomic E-state index is -3.83. The highest BCUT2D eigenvalue weighted by Gasteiger charge is 2.39. The molecule has 38 heavy (non-hydrogen) atoms. The molecule has 8 nitrogen and oxygen atoms in total. The van der Waals surface area contributed by atoms with E-state index in [0.717, 1.165) is 18.2 Å². The van der Waals surface area contributed by atoms with Gasteiger partial charge in [-0.25, -0.2) is 17.9 Å². The number of hydrogen-bond acceptors (Lipinski definition) is 6. The zero-order valence-corrected chi connectivity index (χ0v) is 26.0. The van der Waals surface area contributed by atoms with Crippen LogP contribution in [-0.4, -0.2) is 64.1 Å². The van der Waals surface area contributed by atoms with Crippen LogP contribution in [0.3, 0.4) is 0 Å². The maximum absolute atomic E-state index is 13.6. The molecule has 0 saturated heterocycles. The molecular weight excluding hydrogens is 518 g/mol. The van der Waals surface area contributed by atoms with Gasteiger partial charge in [-0.15, -0.1) is 0 Å². The Morgan fingerprint density at radius 1 is 1.16 bits per heavy atom. The van der Waals surface area contributed by atoms with Gasteiger partial charge in [0.05, 0.1) is 4.90 Å². The molecule has 0 aliphatic heterocycles. The Morgan fingerprint density at radius 2 is 1.84 bits per heavy atom. The first-order valence-electron chi connectivity index (χ1n) is 13.5. The van der Waals surface area contributed by atoms with E-state index in [-0.39, 0.29) is 22.4 Å². The number of amides is 1. The summed E-state index contributed by atoms with van der Waals surface area (Å²) in [6, 6.07) is 6.48. The molecular formula is C28H45N3O5SSi. The third kappa shape index (κ3) is 8.24. The molecule has 1 aliphatic carbocycles. The SMILES string of the molecule is CC(C)(C)OC(=O)N(CCCO[Si](C)(C)C(C)(C)C)C[C@H](NS(=O)(=O)c1cccc2cnccc12)C1CC1. The number of benzene rings is 1. The van der Waals surface area contributed by atoms with E-state index in [0.29, 0.717) is 25.0 Å². The number of nitrogens with one attached hydrogen (secondary N) is 1. The molecule has 0 radical (unpaired) electrons. The largest absolute Gasteiger partial charge is 0.444 e. The van der Waals surface area contributed by atoms with Crippen molar-refractivity contribution in [2.45, 2.75) is 95.5 Å². The highest BCUT2D eigenvalue weighted by Crippen LogP contribution is 2.37. The van der Waals surface area contributed by atoms with E-state index in [1.165, 1.54) is 0 Å². The van der Waals surface area contributed by atoms with Crippen LogP contribution in [0.5, 0.6) is 0 Å². The number of rotatable bonds is 11. The lowest BCUT2D eigenvalue weighted by Crippen LogP contribution is -2.48. The summed E-state index contributed by atoms with van der Waals surface area (Å²) in [4.78, 5) is 19.1. The van der Waals surface area contributed by atoms with Crippen LogP contribution < -0.4 is 4.72 Å². The van der Waals surface area contributed by atoms with Crippen LogP contribution in [0.25, 0.3) is 10.8 Å². The van der Waals surface area contributed by atoms with Crippen molar-refractivity contribution >= 4 is 35.2 Å². The number of fused-ring (bicyclic) bond motifs is 1. The number of hydrogen-bond donors (Lipinski definition) is 1. The van der Waals surface area contributed by atoms with Crippen LogP contribution in [0.15, 0.2) is 41.6 Å². The lowest BCUT2D eigenvalue weighted by atomic mass is 10.2. The van der Waals surface area contributed by atoms with Crippen molar-refractivity contribution in [3.63, 3.8) is 0 Å². The van der Waals surface area contributed by atoms with Crippen molar-refractivity contribution in [2.75, 3.05) is 19.7 Å². The standard InChI is InChI=1S/C28H45N3O5SSi/c1-27(2,3)36-26(32)31(17-10-18-35-38(7,8)28(4,5)6)20-24(21-13-14-21)30-37(33,34)25-12-9-11-22-19-29-16-15-23(22)25/h9,11-12,15-16,19,21,24,30H,10,13-14,17-18,20H2,1-8H3/t24-/m0/s1. The lowest BCUT2D eigenvalue weighted by molar-refractivity contribution is 0.0222. The molecule has 1 aromatic heterocycles. The zero-order chi connectivity index (χ0) is 28.4. The first-order valence-corrected chi connectivity index (χ1v) is 17.9.